The molecule has 4 rings (SSSR count). The lowest BCUT2D eigenvalue weighted by atomic mass is 10.1. The Morgan fingerprint density at radius 2 is 1.86 bits per heavy atom. The van der Waals surface area contributed by atoms with Gasteiger partial charge in [-0.2, -0.15) is 0 Å². The summed E-state index contributed by atoms with van der Waals surface area (Å²) in [7, 11) is 0. The summed E-state index contributed by atoms with van der Waals surface area (Å²) in [5.41, 5.74) is 2.17. The van der Waals surface area contributed by atoms with Gasteiger partial charge in [-0.05, 0) is 55.0 Å². The molecule has 11 heteroatoms. The van der Waals surface area contributed by atoms with Gasteiger partial charge in [-0.15, -0.1) is 0 Å². The molecule has 0 radical (unpaired) electrons. The summed E-state index contributed by atoms with van der Waals surface area (Å²) in [4.78, 5) is 27.4. The van der Waals surface area contributed by atoms with Crippen molar-refractivity contribution in [1.29, 1.82) is 0 Å². The Bertz CT molecular complexity index is 1290. The maximum absolute atomic E-state index is 12.8. The fraction of sp³-hybridized carbons (Fsp3) is 0.160. The number of nitrogens with zero attached hydrogens (tertiary/aromatic N) is 1. The van der Waals surface area contributed by atoms with Gasteiger partial charge in [-0.3, -0.25) is 14.5 Å². The molecule has 1 N–H and O–H groups in total. The highest BCUT2D eigenvalue weighted by atomic mass is 35.6. The van der Waals surface area contributed by atoms with Crippen LogP contribution in [-0.4, -0.2) is 31.1 Å². The molecule has 2 amide bonds. The molecule has 0 spiro atoms. The fourth-order valence-electron chi connectivity index (χ4n) is 3.21. The summed E-state index contributed by atoms with van der Waals surface area (Å²) in [6.07, 6.45) is 2.03. The topological polar surface area (TPSA) is 71.8 Å². The molecule has 186 valence electrons. The number of hydrogen-bond donors (Lipinski definition) is 1. The number of alkyl halides is 3. The fourth-order valence-corrected chi connectivity index (χ4v) is 4.76. The zero-order valence-corrected chi connectivity index (χ0v) is 22.6. The van der Waals surface area contributed by atoms with Crippen LogP contribution in [-0.2, 0) is 11.3 Å². The second-order valence-corrected chi connectivity index (χ2v) is 11.8. The van der Waals surface area contributed by atoms with Gasteiger partial charge in [0.1, 0.15) is 15.8 Å². The number of ether oxygens (including phenoxy) is 1. The van der Waals surface area contributed by atoms with Crippen LogP contribution in [0.25, 0.3) is 6.08 Å². The van der Waals surface area contributed by atoms with Crippen molar-refractivity contribution in [3.63, 3.8) is 0 Å². The lowest BCUT2D eigenvalue weighted by Crippen LogP contribution is -2.47. The normalized spacial score (nSPS) is 15.9. The van der Waals surface area contributed by atoms with E-state index in [9.17, 15) is 9.59 Å². The third-order valence-corrected chi connectivity index (χ3v) is 7.05. The Morgan fingerprint density at radius 3 is 2.47 bits per heavy atom. The number of carbonyl (C=O) groups is 2. The average molecular weight is 582 g/mol. The number of halogens is 3. The Kier molecular flexibility index (Phi) is 8.32. The van der Waals surface area contributed by atoms with Crippen LogP contribution in [0.4, 0.5) is 0 Å². The Balaban J connectivity index is 1.43. The second kappa shape index (κ2) is 11.3. The zero-order chi connectivity index (χ0) is 25.9. The maximum Gasteiger partial charge on any atom is 0.266 e. The molecule has 2 aromatic carbocycles. The van der Waals surface area contributed by atoms with E-state index < -0.39 is 15.9 Å². The zero-order valence-electron chi connectivity index (χ0n) is 18.7. The summed E-state index contributed by atoms with van der Waals surface area (Å²) in [5.74, 6) is 0.362. The number of amides is 2. The molecule has 3 aromatic rings. The predicted molar refractivity (Wildman–Crippen MR) is 147 cm³/mol. The average Bonchev–Trinajstić information content (AvgIpc) is 3.44. The monoisotopic (exact) mass is 580 g/mol. The third kappa shape index (κ3) is 6.63. The van der Waals surface area contributed by atoms with E-state index in [2.05, 4.69) is 5.32 Å². The van der Waals surface area contributed by atoms with Crippen molar-refractivity contribution in [1.82, 2.24) is 10.2 Å². The van der Waals surface area contributed by atoms with E-state index in [1.807, 2.05) is 19.1 Å². The van der Waals surface area contributed by atoms with Crippen LogP contribution in [0.2, 0.25) is 0 Å². The van der Waals surface area contributed by atoms with Crippen LogP contribution in [0.3, 0.4) is 0 Å². The number of aryl methyl sites for hydroxylation is 1. The van der Waals surface area contributed by atoms with Gasteiger partial charge in [0, 0.05) is 5.56 Å². The SMILES string of the molecule is Cc1ccc(C(=O)NC(Oc2ccc(/C=C3\SC(=S)N(Cc4ccco4)C3=O)cc2)C(Cl)(Cl)Cl)cc1. The Hall–Kier alpha value is -2.49. The van der Waals surface area contributed by atoms with Crippen molar-refractivity contribution in [2.75, 3.05) is 0 Å². The molecule has 6 nitrogen and oxygen atoms in total. The van der Waals surface area contributed by atoms with Crippen molar-refractivity contribution in [2.24, 2.45) is 0 Å². The van der Waals surface area contributed by atoms with E-state index in [1.54, 1.807) is 60.9 Å². The van der Waals surface area contributed by atoms with Gasteiger partial charge in [0.15, 0.2) is 0 Å². The van der Waals surface area contributed by atoms with Crippen LogP contribution in [0.5, 0.6) is 5.75 Å². The van der Waals surface area contributed by atoms with Gasteiger partial charge in [-0.1, -0.05) is 88.6 Å². The molecule has 36 heavy (non-hydrogen) atoms. The van der Waals surface area contributed by atoms with Crippen LogP contribution >= 0.6 is 58.8 Å². The molecular weight excluding hydrogens is 563 g/mol. The molecule has 2 heterocycles. The van der Waals surface area contributed by atoms with E-state index in [0.29, 0.717) is 26.3 Å². The molecule has 1 fully saturated rings. The molecule has 0 aliphatic carbocycles. The van der Waals surface area contributed by atoms with E-state index in [4.69, 9.17) is 56.2 Å². The van der Waals surface area contributed by atoms with Gasteiger partial charge < -0.3 is 14.5 Å². The van der Waals surface area contributed by atoms with E-state index in [0.717, 1.165) is 11.1 Å². The van der Waals surface area contributed by atoms with Crippen molar-refractivity contribution >= 4 is 81.0 Å². The highest BCUT2D eigenvalue weighted by Crippen LogP contribution is 2.35. The second-order valence-electron chi connectivity index (χ2n) is 7.80. The standard InChI is InChI=1S/C25H19Cl3N2O4S2/c1-15-4-8-17(9-5-15)21(31)29-23(25(26,27)28)34-18-10-6-16(7-11-18)13-20-22(32)30(24(35)36-20)14-19-3-2-12-33-19/h2-13,23H,14H2,1H3,(H,29,31)/b20-13-. The van der Waals surface area contributed by atoms with Crippen LogP contribution < -0.4 is 10.1 Å². The summed E-state index contributed by atoms with van der Waals surface area (Å²) < 4.78 is 9.62. The number of nitrogens with one attached hydrogen (secondary N) is 1. The Labute approximate surface area is 232 Å². The molecule has 1 aliphatic rings. The van der Waals surface area contributed by atoms with Gasteiger partial charge >= 0.3 is 0 Å². The first-order chi connectivity index (χ1) is 17.1. The number of hydrogen-bond acceptors (Lipinski definition) is 6. The quantitative estimate of drug-likeness (QED) is 0.149. The molecule has 0 bridgehead atoms. The molecular formula is C25H19Cl3N2O4S2. The van der Waals surface area contributed by atoms with Crippen LogP contribution in [0.15, 0.2) is 76.2 Å². The van der Waals surface area contributed by atoms with Crippen molar-refractivity contribution in [3.05, 3.63) is 94.3 Å². The molecule has 0 saturated carbocycles. The lowest BCUT2D eigenvalue weighted by Gasteiger charge is -2.26. The number of thiocarbonyl (C=S) groups is 1. The summed E-state index contributed by atoms with van der Waals surface area (Å²) in [6.45, 7) is 2.19. The van der Waals surface area contributed by atoms with E-state index in [1.165, 1.54) is 16.7 Å². The van der Waals surface area contributed by atoms with Gasteiger partial charge in [0.25, 0.3) is 11.8 Å². The molecule has 1 aliphatic heterocycles. The molecule has 1 atom stereocenters. The molecule has 1 saturated heterocycles. The largest absolute Gasteiger partial charge is 0.467 e. The summed E-state index contributed by atoms with van der Waals surface area (Å²) in [6, 6.07) is 17.3. The smallest absolute Gasteiger partial charge is 0.266 e. The molecule has 1 unspecified atom stereocenters. The minimum absolute atomic E-state index is 0.197. The molecule has 1 aromatic heterocycles. The van der Waals surface area contributed by atoms with Gasteiger partial charge in [-0.25, -0.2) is 0 Å². The number of rotatable bonds is 7. The van der Waals surface area contributed by atoms with E-state index in [-0.39, 0.29) is 12.5 Å². The first kappa shape index (κ1) is 26.6. The highest BCUT2D eigenvalue weighted by molar-refractivity contribution is 8.26. The minimum atomic E-state index is -1.93. The number of benzene rings is 2. The van der Waals surface area contributed by atoms with E-state index >= 15 is 0 Å². The van der Waals surface area contributed by atoms with Crippen LogP contribution in [0, 0.1) is 6.92 Å². The Morgan fingerprint density at radius 1 is 1.17 bits per heavy atom. The highest BCUT2D eigenvalue weighted by Gasteiger charge is 2.36. The summed E-state index contributed by atoms with van der Waals surface area (Å²) in [5, 5.41) is 2.60. The first-order valence-electron chi connectivity index (χ1n) is 10.6. The minimum Gasteiger partial charge on any atom is -0.467 e. The predicted octanol–water partition coefficient (Wildman–Crippen LogP) is 6.49. The number of thioether (sulfide) groups is 1. The first-order valence-corrected chi connectivity index (χ1v) is 12.9. The van der Waals surface area contributed by atoms with Crippen molar-refractivity contribution in [2.45, 2.75) is 23.5 Å². The summed E-state index contributed by atoms with van der Waals surface area (Å²) >= 11 is 24.8. The van der Waals surface area contributed by atoms with Gasteiger partial charge in [0.05, 0.1) is 17.7 Å². The number of furan rings is 1. The van der Waals surface area contributed by atoms with Crippen molar-refractivity contribution in [3.8, 4) is 5.75 Å². The third-order valence-electron chi connectivity index (χ3n) is 5.07. The van der Waals surface area contributed by atoms with Crippen molar-refractivity contribution < 1.29 is 18.7 Å². The van der Waals surface area contributed by atoms with Gasteiger partial charge in [0.2, 0.25) is 10.0 Å². The number of carbonyl (C=O) groups excluding carboxylic acids is 2. The lowest BCUT2D eigenvalue weighted by molar-refractivity contribution is -0.122. The van der Waals surface area contributed by atoms with Crippen LogP contribution in [0.1, 0.15) is 27.2 Å². The maximum atomic E-state index is 12.8.